The molecule has 1 fully saturated rings. The molecule has 8 nitrogen and oxygen atoms in total. The molecule has 1 saturated heterocycles. The third-order valence-corrected chi connectivity index (χ3v) is 7.66. The largest absolute Gasteiger partial charge is 0.497 e. The lowest BCUT2D eigenvalue weighted by Crippen LogP contribution is -2.47. The second-order valence-electron chi connectivity index (χ2n) is 8.61. The first-order valence-corrected chi connectivity index (χ1v) is 13.1. The van der Waals surface area contributed by atoms with Crippen molar-refractivity contribution in [3.63, 3.8) is 0 Å². The number of nitrogens with zero attached hydrogens (tertiary/aromatic N) is 4. The van der Waals surface area contributed by atoms with Gasteiger partial charge in [0.25, 0.3) is 5.91 Å². The quantitative estimate of drug-likeness (QED) is 0.517. The molecule has 1 aliphatic heterocycles. The Morgan fingerprint density at radius 3 is 2.47 bits per heavy atom. The Hall–Kier alpha value is -3.17. The Kier molecular flexibility index (Phi) is 7.04. The second kappa shape index (κ2) is 9.99. The number of ether oxygens (including phenoxy) is 1. The van der Waals surface area contributed by atoms with Gasteiger partial charge in [-0.15, -0.1) is 0 Å². The summed E-state index contributed by atoms with van der Waals surface area (Å²) in [6.45, 7) is 1.53. The van der Waals surface area contributed by atoms with Gasteiger partial charge in [-0.3, -0.25) is 9.48 Å². The van der Waals surface area contributed by atoms with E-state index in [1.54, 1.807) is 29.9 Å². The van der Waals surface area contributed by atoms with E-state index in [0.717, 1.165) is 11.1 Å². The highest BCUT2D eigenvalue weighted by molar-refractivity contribution is 7.88. The van der Waals surface area contributed by atoms with Crippen LogP contribution in [0.4, 0.5) is 0 Å². The highest BCUT2D eigenvalue weighted by Crippen LogP contribution is 2.28. The Labute approximate surface area is 200 Å². The molecule has 0 atom stereocenters. The van der Waals surface area contributed by atoms with E-state index in [1.807, 2.05) is 54.6 Å². The fourth-order valence-corrected chi connectivity index (χ4v) is 5.04. The maximum atomic E-state index is 13.6. The average Bonchev–Trinajstić information content (AvgIpc) is 3.27. The van der Waals surface area contributed by atoms with E-state index in [0.29, 0.717) is 49.5 Å². The highest BCUT2D eigenvalue weighted by Gasteiger charge is 2.31. The fourth-order valence-electron chi connectivity index (χ4n) is 4.29. The summed E-state index contributed by atoms with van der Waals surface area (Å²) in [5.41, 5.74) is 3.03. The summed E-state index contributed by atoms with van der Waals surface area (Å²) in [4.78, 5) is 15.4. The standard InChI is InChI=1S/C25H30N4O4S/c1-27(34(3,31)32)21-12-14-28(15-13-21)25(30)23-18-29(17-19-8-5-4-6-9-19)26-24(23)20-10-7-11-22(16-20)33-2/h4-11,16,18,21H,12-15,17H2,1-3H3. The van der Waals surface area contributed by atoms with E-state index in [1.165, 1.54) is 10.6 Å². The third-order valence-electron chi connectivity index (χ3n) is 6.31. The van der Waals surface area contributed by atoms with Crippen molar-refractivity contribution in [2.24, 2.45) is 0 Å². The monoisotopic (exact) mass is 482 g/mol. The van der Waals surface area contributed by atoms with Gasteiger partial charge in [0.15, 0.2) is 0 Å². The summed E-state index contributed by atoms with van der Waals surface area (Å²) < 4.78 is 32.4. The van der Waals surface area contributed by atoms with Crippen molar-refractivity contribution in [1.82, 2.24) is 19.0 Å². The zero-order valence-electron chi connectivity index (χ0n) is 19.7. The molecular weight excluding hydrogens is 452 g/mol. The summed E-state index contributed by atoms with van der Waals surface area (Å²) in [5.74, 6) is 0.593. The van der Waals surface area contributed by atoms with E-state index in [-0.39, 0.29) is 11.9 Å². The summed E-state index contributed by atoms with van der Waals surface area (Å²) in [5, 5.41) is 4.77. The van der Waals surface area contributed by atoms with Gasteiger partial charge in [0.05, 0.1) is 25.5 Å². The van der Waals surface area contributed by atoms with Crippen LogP contribution < -0.4 is 4.74 Å². The maximum Gasteiger partial charge on any atom is 0.257 e. The molecule has 9 heteroatoms. The minimum atomic E-state index is -3.26. The molecule has 0 N–H and O–H groups in total. The number of sulfonamides is 1. The van der Waals surface area contributed by atoms with E-state index >= 15 is 0 Å². The molecule has 1 aliphatic rings. The van der Waals surface area contributed by atoms with E-state index in [2.05, 4.69) is 0 Å². The minimum Gasteiger partial charge on any atom is -0.497 e. The van der Waals surface area contributed by atoms with Crippen LogP contribution >= 0.6 is 0 Å². The van der Waals surface area contributed by atoms with Crippen LogP contribution in [0.1, 0.15) is 28.8 Å². The van der Waals surface area contributed by atoms with Gasteiger partial charge in [0.1, 0.15) is 11.4 Å². The van der Waals surface area contributed by atoms with Crippen LogP contribution in [0, 0.1) is 0 Å². The molecule has 1 amide bonds. The van der Waals surface area contributed by atoms with Gasteiger partial charge in [-0.1, -0.05) is 42.5 Å². The van der Waals surface area contributed by atoms with Gasteiger partial charge in [0.2, 0.25) is 10.0 Å². The van der Waals surface area contributed by atoms with Gasteiger partial charge in [-0.05, 0) is 30.5 Å². The zero-order valence-corrected chi connectivity index (χ0v) is 20.5. The molecule has 4 rings (SSSR count). The first kappa shape index (κ1) is 24.0. The molecular formula is C25H30N4O4S. The summed E-state index contributed by atoms with van der Waals surface area (Å²) >= 11 is 0. The van der Waals surface area contributed by atoms with Crippen molar-refractivity contribution in [2.45, 2.75) is 25.4 Å². The second-order valence-corrected chi connectivity index (χ2v) is 10.7. The molecule has 3 aromatic rings. The number of amides is 1. The number of likely N-dealkylation sites (tertiary alicyclic amines) is 1. The lowest BCUT2D eigenvalue weighted by atomic mass is 10.0. The molecule has 0 aliphatic carbocycles. The molecule has 180 valence electrons. The normalized spacial score (nSPS) is 15.0. The van der Waals surface area contributed by atoms with Gasteiger partial charge in [-0.2, -0.15) is 5.10 Å². The van der Waals surface area contributed by atoms with Crippen LogP contribution in [-0.2, 0) is 16.6 Å². The Morgan fingerprint density at radius 2 is 1.82 bits per heavy atom. The van der Waals surface area contributed by atoms with Crippen LogP contribution in [0.5, 0.6) is 5.75 Å². The summed E-state index contributed by atoms with van der Waals surface area (Å²) in [6.07, 6.45) is 4.22. The number of hydrogen-bond donors (Lipinski definition) is 0. The van der Waals surface area contributed by atoms with Gasteiger partial charge in [0, 0.05) is 37.9 Å². The molecule has 2 heterocycles. The minimum absolute atomic E-state index is 0.0993. The SMILES string of the molecule is COc1cccc(-c2nn(Cc3ccccc3)cc2C(=O)N2CCC(N(C)S(C)(=O)=O)CC2)c1. The number of carbonyl (C=O) groups is 1. The van der Waals surface area contributed by atoms with Crippen LogP contribution in [0.3, 0.4) is 0 Å². The average molecular weight is 483 g/mol. The number of aromatic nitrogens is 2. The number of hydrogen-bond acceptors (Lipinski definition) is 5. The van der Waals surface area contributed by atoms with Gasteiger partial charge in [-0.25, -0.2) is 12.7 Å². The Bertz CT molecular complexity index is 1250. The van der Waals surface area contributed by atoms with Crippen molar-refractivity contribution < 1.29 is 17.9 Å². The lowest BCUT2D eigenvalue weighted by Gasteiger charge is -2.35. The van der Waals surface area contributed by atoms with Gasteiger partial charge >= 0.3 is 0 Å². The van der Waals surface area contributed by atoms with Crippen molar-refractivity contribution in [1.29, 1.82) is 0 Å². The van der Waals surface area contributed by atoms with Crippen LogP contribution in [0.15, 0.2) is 60.8 Å². The molecule has 0 bridgehead atoms. The first-order chi connectivity index (χ1) is 16.3. The molecule has 0 saturated carbocycles. The number of rotatable bonds is 7. The smallest absolute Gasteiger partial charge is 0.257 e. The first-order valence-electron chi connectivity index (χ1n) is 11.2. The number of piperidine rings is 1. The summed E-state index contributed by atoms with van der Waals surface area (Å²) in [6, 6.07) is 17.4. The van der Waals surface area contributed by atoms with E-state index < -0.39 is 10.0 Å². The van der Waals surface area contributed by atoms with Crippen LogP contribution in [0.25, 0.3) is 11.3 Å². The molecule has 0 unspecified atom stereocenters. The predicted molar refractivity (Wildman–Crippen MR) is 131 cm³/mol. The van der Waals surface area contributed by atoms with Crippen molar-refractivity contribution in [3.8, 4) is 17.0 Å². The topological polar surface area (TPSA) is 84.7 Å². The van der Waals surface area contributed by atoms with Crippen molar-refractivity contribution in [3.05, 3.63) is 71.9 Å². The number of benzene rings is 2. The predicted octanol–water partition coefficient (Wildman–Crippen LogP) is 3.10. The van der Waals surface area contributed by atoms with Crippen molar-refractivity contribution >= 4 is 15.9 Å². The number of methoxy groups -OCH3 is 1. The van der Waals surface area contributed by atoms with Crippen molar-refractivity contribution in [2.75, 3.05) is 33.5 Å². The molecule has 2 aromatic carbocycles. The Morgan fingerprint density at radius 1 is 1.12 bits per heavy atom. The highest BCUT2D eigenvalue weighted by atomic mass is 32.2. The maximum absolute atomic E-state index is 13.6. The third kappa shape index (κ3) is 5.31. The van der Waals surface area contributed by atoms with Gasteiger partial charge < -0.3 is 9.64 Å². The van der Waals surface area contributed by atoms with Crippen LogP contribution in [-0.4, -0.2) is 72.9 Å². The zero-order chi connectivity index (χ0) is 24.3. The molecule has 0 radical (unpaired) electrons. The Balaban J connectivity index is 1.61. The van der Waals surface area contributed by atoms with E-state index in [9.17, 15) is 13.2 Å². The molecule has 1 aromatic heterocycles. The molecule has 34 heavy (non-hydrogen) atoms. The molecule has 0 spiro atoms. The van der Waals surface area contributed by atoms with Crippen LogP contribution in [0.2, 0.25) is 0 Å². The lowest BCUT2D eigenvalue weighted by molar-refractivity contribution is 0.0687. The summed E-state index contributed by atoms with van der Waals surface area (Å²) in [7, 11) is -0.0523. The number of carbonyl (C=O) groups excluding carboxylic acids is 1. The fraction of sp³-hybridized carbons (Fsp3) is 0.360. The van der Waals surface area contributed by atoms with E-state index in [4.69, 9.17) is 9.84 Å².